The second-order valence-corrected chi connectivity index (χ2v) is 6.64. The van der Waals surface area contributed by atoms with Crippen LogP contribution in [0, 0.1) is 12.7 Å². The number of carbonyl (C=O) groups is 1. The smallest absolute Gasteiger partial charge is 0.230 e. The molecule has 0 bridgehead atoms. The second kappa shape index (κ2) is 8.10. The van der Waals surface area contributed by atoms with Crippen LogP contribution in [0.4, 0.5) is 10.1 Å². The first-order valence-corrected chi connectivity index (χ1v) is 9.17. The highest BCUT2D eigenvalue weighted by Gasteiger charge is 2.13. The average molecular weight is 370 g/mol. The third-order valence-corrected chi connectivity index (χ3v) is 4.63. The van der Waals surface area contributed by atoms with Gasteiger partial charge in [0.2, 0.25) is 5.91 Å². The van der Waals surface area contributed by atoms with E-state index in [2.05, 4.69) is 10.3 Å². The van der Waals surface area contributed by atoms with Gasteiger partial charge in [0.15, 0.2) is 0 Å². The molecule has 6 heteroatoms. The van der Waals surface area contributed by atoms with Crippen molar-refractivity contribution in [3.8, 4) is 16.3 Å². The van der Waals surface area contributed by atoms with Gasteiger partial charge in [0.25, 0.3) is 0 Å². The Kier molecular flexibility index (Phi) is 5.63. The van der Waals surface area contributed by atoms with Crippen molar-refractivity contribution in [2.24, 2.45) is 0 Å². The molecule has 0 unspecified atom stereocenters. The number of hydrogen-bond donors (Lipinski definition) is 1. The van der Waals surface area contributed by atoms with E-state index in [0.717, 1.165) is 21.9 Å². The van der Waals surface area contributed by atoms with Crippen LogP contribution in [0.25, 0.3) is 10.6 Å². The number of nitrogens with one attached hydrogen (secondary N) is 1. The lowest BCUT2D eigenvalue weighted by Gasteiger charge is -2.07. The molecule has 0 atom stereocenters. The van der Waals surface area contributed by atoms with Crippen molar-refractivity contribution in [1.82, 2.24) is 4.98 Å². The molecule has 0 aliphatic rings. The van der Waals surface area contributed by atoms with Crippen LogP contribution in [0.15, 0.2) is 47.8 Å². The van der Waals surface area contributed by atoms with E-state index in [0.29, 0.717) is 12.3 Å². The maximum absolute atomic E-state index is 13.8. The molecule has 1 N–H and O–H groups in total. The summed E-state index contributed by atoms with van der Waals surface area (Å²) in [6.45, 7) is 4.30. The zero-order valence-corrected chi connectivity index (χ0v) is 15.4. The third-order valence-electron chi connectivity index (χ3n) is 3.71. The minimum Gasteiger partial charge on any atom is -0.493 e. The number of aryl methyl sites for hydroxylation is 1. The first kappa shape index (κ1) is 18.1. The van der Waals surface area contributed by atoms with E-state index in [1.165, 1.54) is 17.4 Å². The Hall–Kier alpha value is -2.73. The van der Waals surface area contributed by atoms with Gasteiger partial charge in [-0.3, -0.25) is 4.79 Å². The molecule has 0 spiro atoms. The molecule has 1 amide bonds. The molecule has 0 saturated carbocycles. The predicted molar refractivity (Wildman–Crippen MR) is 102 cm³/mol. The van der Waals surface area contributed by atoms with E-state index < -0.39 is 5.82 Å². The summed E-state index contributed by atoms with van der Waals surface area (Å²) in [5.41, 5.74) is 2.52. The minimum atomic E-state index is -0.442. The summed E-state index contributed by atoms with van der Waals surface area (Å²) in [7, 11) is 0. The van der Waals surface area contributed by atoms with Gasteiger partial charge < -0.3 is 10.1 Å². The summed E-state index contributed by atoms with van der Waals surface area (Å²) < 4.78 is 19.5. The molecule has 0 saturated heterocycles. The normalized spacial score (nSPS) is 10.6. The average Bonchev–Trinajstić information content (AvgIpc) is 3.06. The van der Waals surface area contributed by atoms with Gasteiger partial charge in [-0.2, -0.15) is 0 Å². The van der Waals surface area contributed by atoms with Gasteiger partial charge in [0, 0.05) is 5.38 Å². The van der Waals surface area contributed by atoms with Crippen LogP contribution >= 0.6 is 11.3 Å². The molecule has 1 aromatic heterocycles. The van der Waals surface area contributed by atoms with Crippen LogP contribution < -0.4 is 10.1 Å². The highest BCUT2D eigenvalue weighted by Crippen LogP contribution is 2.32. The fourth-order valence-electron chi connectivity index (χ4n) is 2.52. The molecule has 0 aliphatic carbocycles. The van der Waals surface area contributed by atoms with Crippen LogP contribution in [-0.4, -0.2) is 17.5 Å². The number of ether oxygens (including phenoxy) is 1. The second-order valence-electron chi connectivity index (χ2n) is 5.78. The van der Waals surface area contributed by atoms with Crippen molar-refractivity contribution in [1.29, 1.82) is 0 Å². The van der Waals surface area contributed by atoms with E-state index in [9.17, 15) is 9.18 Å². The maximum atomic E-state index is 13.8. The molecule has 4 nitrogen and oxygen atoms in total. The lowest BCUT2D eigenvalue weighted by atomic mass is 10.2. The molecule has 0 radical (unpaired) electrons. The van der Waals surface area contributed by atoms with Gasteiger partial charge in [-0.25, -0.2) is 9.37 Å². The van der Waals surface area contributed by atoms with Gasteiger partial charge in [0.05, 0.1) is 30.0 Å². The van der Waals surface area contributed by atoms with Gasteiger partial charge in [-0.05, 0) is 43.7 Å². The maximum Gasteiger partial charge on any atom is 0.230 e. The Labute approximate surface area is 155 Å². The van der Waals surface area contributed by atoms with E-state index >= 15 is 0 Å². The zero-order valence-electron chi connectivity index (χ0n) is 14.6. The molecule has 134 valence electrons. The van der Waals surface area contributed by atoms with Crippen LogP contribution in [-0.2, 0) is 11.2 Å². The summed E-state index contributed by atoms with van der Waals surface area (Å²) >= 11 is 1.45. The largest absolute Gasteiger partial charge is 0.493 e. The molecule has 2 aromatic carbocycles. The third kappa shape index (κ3) is 4.26. The number of thiazole rings is 1. The molecule has 0 aliphatic heterocycles. The number of hydrogen-bond acceptors (Lipinski definition) is 4. The van der Waals surface area contributed by atoms with E-state index in [-0.39, 0.29) is 18.0 Å². The number of amides is 1. The fourth-order valence-corrected chi connectivity index (χ4v) is 3.37. The van der Waals surface area contributed by atoms with E-state index in [4.69, 9.17) is 4.74 Å². The number of benzene rings is 2. The molecule has 3 rings (SSSR count). The molecular weight excluding hydrogens is 351 g/mol. The number of nitrogens with zero attached hydrogens (tertiary/aromatic N) is 1. The zero-order chi connectivity index (χ0) is 18.5. The van der Waals surface area contributed by atoms with Crippen LogP contribution in [0.2, 0.25) is 0 Å². The molecule has 26 heavy (non-hydrogen) atoms. The van der Waals surface area contributed by atoms with E-state index in [1.54, 1.807) is 19.1 Å². The monoisotopic (exact) mass is 370 g/mol. The number of carbonyl (C=O) groups excluding carboxylic acids is 1. The van der Waals surface area contributed by atoms with Gasteiger partial charge in [-0.1, -0.05) is 18.2 Å². The van der Waals surface area contributed by atoms with Crippen molar-refractivity contribution in [2.75, 3.05) is 11.9 Å². The summed E-state index contributed by atoms with van der Waals surface area (Å²) in [6, 6.07) is 12.4. The molecular formula is C20H19FN2O2S. The highest BCUT2D eigenvalue weighted by atomic mass is 32.1. The summed E-state index contributed by atoms with van der Waals surface area (Å²) in [4.78, 5) is 16.7. The van der Waals surface area contributed by atoms with E-state index in [1.807, 2.05) is 36.6 Å². The molecule has 1 heterocycles. The van der Waals surface area contributed by atoms with Crippen molar-refractivity contribution >= 4 is 22.9 Å². The Balaban J connectivity index is 1.71. The highest BCUT2D eigenvalue weighted by molar-refractivity contribution is 7.13. The number of anilines is 1. The first-order valence-electron chi connectivity index (χ1n) is 8.29. The van der Waals surface area contributed by atoms with Crippen LogP contribution in [0.3, 0.4) is 0 Å². The summed E-state index contributed by atoms with van der Waals surface area (Å²) in [5, 5.41) is 5.22. The van der Waals surface area contributed by atoms with Crippen molar-refractivity contribution < 1.29 is 13.9 Å². The lowest BCUT2D eigenvalue weighted by Crippen LogP contribution is -2.15. The van der Waals surface area contributed by atoms with Gasteiger partial charge >= 0.3 is 0 Å². The SMILES string of the molecule is CCOc1ccccc1-c1nc(CC(=O)Nc2ccc(C)cc2F)cs1. The number of aromatic nitrogens is 1. The first-order chi connectivity index (χ1) is 12.6. The van der Waals surface area contributed by atoms with Gasteiger partial charge in [-0.15, -0.1) is 11.3 Å². The van der Waals surface area contributed by atoms with Crippen LogP contribution in [0.1, 0.15) is 18.2 Å². The van der Waals surface area contributed by atoms with Crippen LogP contribution in [0.5, 0.6) is 5.75 Å². The summed E-state index contributed by atoms with van der Waals surface area (Å²) in [5.74, 6) is 0.0210. The number of para-hydroxylation sites is 1. The topological polar surface area (TPSA) is 51.2 Å². The number of halogens is 1. The van der Waals surface area contributed by atoms with Gasteiger partial charge in [0.1, 0.15) is 16.6 Å². The minimum absolute atomic E-state index is 0.0839. The summed E-state index contributed by atoms with van der Waals surface area (Å²) in [6.07, 6.45) is 0.0839. The Bertz CT molecular complexity index is 924. The lowest BCUT2D eigenvalue weighted by molar-refractivity contribution is -0.115. The molecule has 0 fully saturated rings. The van der Waals surface area contributed by atoms with Crippen molar-refractivity contribution in [2.45, 2.75) is 20.3 Å². The number of rotatable bonds is 6. The Morgan fingerprint density at radius 2 is 2.08 bits per heavy atom. The fraction of sp³-hybridized carbons (Fsp3) is 0.200. The van der Waals surface area contributed by atoms with Crippen molar-refractivity contribution in [3.63, 3.8) is 0 Å². The quantitative estimate of drug-likeness (QED) is 0.676. The van der Waals surface area contributed by atoms with Crippen molar-refractivity contribution in [3.05, 3.63) is 64.9 Å². The predicted octanol–water partition coefficient (Wildman–Crippen LogP) is 4.84. The Morgan fingerprint density at radius 3 is 2.85 bits per heavy atom. The Morgan fingerprint density at radius 1 is 1.27 bits per heavy atom. The molecule has 3 aromatic rings. The standard InChI is InChI=1S/C20H19FN2O2S/c1-3-25-18-7-5-4-6-15(18)20-22-14(12-26-20)11-19(24)23-17-9-8-13(2)10-16(17)21/h4-10,12H,3,11H2,1-2H3,(H,23,24).